The van der Waals surface area contributed by atoms with Gasteiger partial charge in [-0.25, -0.2) is 9.78 Å². The summed E-state index contributed by atoms with van der Waals surface area (Å²) in [5.74, 6) is -0.523. The van der Waals surface area contributed by atoms with E-state index in [4.69, 9.17) is 5.73 Å². The molecule has 0 saturated heterocycles. The van der Waals surface area contributed by atoms with Gasteiger partial charge in [0.05, 0.1) is 27.7 Å². The lowest BCUT2D eigenvalue weighted by atomic mass is 9.91. The van der Waals surface area contributed by atoms with Gasteiger partial charge in [0.25, 0.3) is 11.5 Å². The maximum atomic E-state index is 13.4. The maximum absolute atomic E-state index is 13.4. The number of primary amides is 1. The maximum Gasteiger partial charge on any atom is 0.319 e. The number of nitrogens with two attached hydrogens (primary N) is 1. The number of rotatable bonds is 3. The number of para-hydroxylation sites is 1. The fourth-order valence-corrected chi connectivity index (χ4v) is 5.62. The van der Waals surface area contributed by atoms with Gasteiger partial charge in [0, 0.05) is 50.2 Å². The van der Waals surface area contributed by atoms with Crippen LogP contribution in [0.4, 0.5) is 4.79 Å². The van der Waals surface area contributed by atoms with E-state index in [-0.39, 0.29) is 11.6 Å². The molecular formula is C30H28N6O3. The Morgan fingerprint density at radius 2 is 1.82 bits per heavy atom. The van der Waals surface area contributed by atoms with Crippen LogP contribution in [0.1, 0.15) is 27.2 Å². The van der Waals surface area contributed by atoms with Crippen molar-refractivity contribution in [2.45, 2.75) is 19.9 Å². The largest absolute Gasteiger partial charge is 0.366 e. The Hall–Kier alpha value is -4.92. The molecule has 196 valence electrons. The normalized spacial score (nSPS) is 13.1. The van der Waals surface area contributed by atoms with Crippen molar-refractivity contribution < 1.29 is 9.59 Å². The molecule has 3 aromatic carbocycles. The van der Waals surface area contributed by atoms with E-state index >= 15 is 0 Å². The van der Waals surface area contributed by atoms with Gasteiger partial charge >= 0.3 is 6.03 Å². The Morgan fingerprint density at radius 3 is 2.59 bits per heavy atom. The van der Waals surface area contributed by atoms with E-state index < -0.39 is 5.91 Å². The summed E-state index contributed by atoms with van der Waals surface area (Å²) in [6.07, 6.45) is 2.20. The first-order valence-corrected chi connectivity index (χ1v) is 12.8. The van der Waals surface area contributed by atoms with Crippen LogP contribution in [0, 0.1) is 6.92 Å². The molecule has 39 heavy (non-hydrogen) atoms. The van der Waals surface area contributed by atoms with Gasteiger partial charge in [0.2, 0.25) is 0 Å². The second kappa shape index (κ2) is 9.13. The topological polar surface area (TPSA) is 117 Å². The molecule has 9 nitrogen and oxygen atoms in total. The van der Waals surface area contributed by atoms with Gasteiger partial charge in [-0.15, -0.1) is 0 Å². The van der Waals surface area contributed by atoms with E-state index in [9.17, 15) is 14.4 Å². The lowest BCUT2D eigenvalue weighted by molar-refractivity contribution is 0.100. The van der Waals surface area contributed by atoms with E-state index in [0.29, 0.717) is 41.5 Å². The summed E-state index contributed by atoms with van der Waals surface area (Å²) in [5, 5.41) is 1.41. The molecule has 0 fully saturated rings. The molecular weight excluding hydrogens is 492 g/mol. The predicted molar refractivity (Wildman–Crippen MR) is 151 cm³/mol. The van der Waals surface area contributed by atoms with Crippen LogP contribution < -0.4 is 11.3 Å². The van der Waals surface area contributed by atoms with Gasteiger partial charge in [-0.2, -0.15) is 0 Å². The average molecular weight is 521 g/mol. The third-order valence-corrected chi connectivity index (χ3v) is 7.57. The van der Waals surface area contributed by atoms with Crippen molar-refractivity contribution in [3.63, 3.8) is 0 Å². The van der Waals surface area contributed by atoms with Gasteiger partial charge < -0.3 is 20.5 Å². The Balaban J connectivity index is 1.57. The Bertz CT molecular complexity index is 1870. The van der Waals surface area contributed by atoms with E-state index in [2.05, 4.69) is 9.97 Å². The van der Waals surface area contributed by atoms with Gasteiger partial charge in [0.15, 0.2) is 0 Å². The lowest BCUT2D eigenvalue weighted by Crippen LogP contribution is -2.42. The van der Waals surface area contributed by atoms with Gasteiger partial charge in [-0.3, -0.25) is 14.2 Å². The molecule has 0 saturated carbocycles. The summed E-state index contributed by atoms with van der Waals surface area (Å²) in [7, 11) is 3.48. The van der Waals surface area contributed by atoms with Gasteiger partial charge in [-0.1, -0.05) is 30.3 Å². The number of nitrogens with zero attached hydrogens (tertiary/aromatic N) is 4. The number of H-pyrrole nitrogens is 1. The standard InChI is InChI=1S/C30H28N6O3/c1-17-18(8-6-10-25(17)36-16-32-23-9-5-4-7-20(23)29(36)38)19-11-12-21(28(31)37)27-26(19)22-15-35(30(39)34(2)3)14-13-24(22)33-27/h4-12,16,33H,13-15H2,1-3H3,(H2,31,37). The van der Waals surface area contributed by atoms with E-state index in [1.54, 1.807) is 46.9 Å². The van der Waals surface area contributed by atoms with Crippen molar-refractivity contribution >= 4 is 33.7 Å². The molecule has 3 amide bonds. The molecule has 3 N–H and O–H groups in total. The number of aromatic amines is 1. The van der Waals surface area contributed by atoms with Gasteiger partial charge in [0.1, 0.15) is 6.33 Å². The van der Waals surface area contributed by atoms with Gasteiger partial charge in [-0.05, 0) is 47.9 Å². The van der Waals surface area contributed by atoms with Crippen LogP contribution in [0.5, 0.6) is 0 Å². The van der Waals surface area contributed by atoms with Crippen molar-refractivity contribution in [2.24, 2.45) is 5.73 Å². The summed E-state index contributed by atoms with van der Waals surface area (Å²) >= 11 is 0. The number of carbonyl (C=O) groups excluding carboxylic acids is 2. The predicted octanol–water partition coefficient (Wildman–Crippen LogP) is 3.98. The summed E-state index contributed by atoms with van der Waals surface area (Å²) in [6.45, 7) is 2.96. The molecule has 1 aliphatic rings. The summed E-state index contributed by atoms with van der Waals surface area (Å²) < 4.78 is 1.57. The number of nitrogens with one attached hydrogen (secondary N) is 1. The van der Waals surface area contributed by atoms with E-state index in [1.807, 2.05) is 49.4 Å². The molecule has 0 radical (unpaired) electrons. The number of urea groups is 1. The molecule has 6 rings (SSSR count). The van der Waals surface area contributed by atoms with Crippen molar-refractivity contribution in [3.8, 4) is 16.8 Å². The molecule has 1 aliphatic heterocycles. The number of amides is 3. The fraction of sp³-hybridized carbons (Fsp3) is 0.200. The van der Waals surface area contributed by atoms with Crippen LogP contribution in [-0.2, 0) is 13.0 Å². The zero-order valence-electron chi connectivity index (χ0n) is 22.0. The fourth-order valence-electron chi connectivity index (χ4n) is 5.62. The first-order valence-electron chi connectivity index (χ1n) is 12.8. The highest BCUT2D eigenvalue weighted by Crippen LogP contribution is 2.39. The first-order chi connectivity index (χ1) is 18.8. The van der Waals surface area contributed by atoms with Crippen LogP contribution in [-0.4, -0.2) is 56.9 Å². The molecule has 3 heterocycles. The van der Waals surface area contributed by atoms with Crippen molar-refractivity contribution in [1.29, 1.82) is 0 Å². The Morgan fingerprint density at radius 1 is 1.03 bits per heavy atom. The molecule has 9 heteroatoms. The number of carbonyl (C=O) groups is 2. The van der Waals surface area contributed by atoms with Crippen LogP contribution in [0.3, 0.4) is 0 Å². The molecule has 0 aliphatic carbocycles. The van der Waals surface area contributed by atoms with E-state index in [1.165, 1.54) is 0 Å². The lowest BCUT2D eigenvalue weighted by Gasteiger charge is -2.30. The van der Waals surface area contributed by atoms with Crippen LogP contribution in [0.15, 0.2) is 65.7 Å². The van der Waals surface area contributed by atoms with Crippen LogP contribution >= 0.6 is 0 Å². The minimum Gasteiger partial charge on any atom is -0.366 e. The second-order valence-electron chi connectivity index (χ2n) is 10.1. The molecule has 0 atom stereocenters. The SMILES string of the molecule is Cc1c(-c2ccc(C(N)=O)c3[nH]c4c(c23)CN(C(=O)N(C)C)CC4)cccc1-n1cnc2ccccc2c1=O. The quantitative estimate of drug-likeness (QED) is 0.374. The number of aromatic nitrogens is 3. The first kappa shape index (κ1) is 24.4. The molecule has 0 bridgehead atoms. The Labute approximate surface area is 224 Å². The zero-order chi connectivity index (χ0) is 27.4. The highest BCUT2D eigenvalue weighted by Gasteiger charge is 2.28. The Kier molecular flexibility index (Phi) is 5.71. The number of hydrogen-bond acceptors (Lipinski definition) is 4. The third-order valence-electron chi connectivity index (χ3n) is 7.57. The molecule has 2 aromatic heterocycles. The summed E-state index contributed by atoms with van der Waals surface area (Å²) in [6, 6.07) is 16.7. The number of hydrogen-bond donors (Lipinski definition) is 2. The number of benzene rings is 3. The molecule has 0 spiro atoms. The van der Waals surface area contributed by atoms with Crippen molar-refractivity contribution in [3.05, 3.63) is 93.7 Å². The highest BCUT2D eigenvalue weighted by molar-refractivity contribution is 6.11. The minimum absolute atomic E-state index is 0.0658. The zero-order valence-corrected chi connectivity index (χ0v) is 22.0. The molecule has 0 unspecified atom stereocenters. The minimum atomic E-state index is -0.523. The van der Waals surface area contributed by atoms with Crippen molar-refractivity contribution in [2.75, 3.05) is 20.6 Å². The van der Waals surface area contributed by atoms with Crippen LogP contribution in [0.2, 0.25) is 0 Å². The summed E-state index contributed by atoms with van der Waals surface area (Å²) in [5.41, 5.74) is 12.7. The summed E-state index contributed by atoms with van der Waals surface area (Å²) in [4.78, 5) is 49.9. The average Bonchev–Trinajstić information content (AvgIpc) is 3.32. The smallest absolute Gasteiger partial charge is 0.319 e. The van der Waals surface area contributed by atoms with Crippen LogP contribution in [0.25, 0.3) is 38.6 Å². The van der Waals surface area contributed by atoms with E-state index in [0.717, 1.165) is 39.0 Å². The highest BCUT2D eigenvalue weighted by atomic mass is 16.2. The molecule has 5 aromatic rings. The number of fused-ring (bicyclic) bond motifs is 4. The third kappa shape index (κ3) is 3.85. The second-order valence-corrected chi connectivity index (χ2v) is 10.1. The monoisotopic (exact) mass is 520 g/mol. The van der Waals surface area contributed by atoms with Crippen molar-refractivity contribution in [1.82, 2.24) is 24.3 Å².